The van der Waals surface area contributed by atoms with Crippen molar-refractivity contribution in [3.05, 3.63) is 65.5 Å². The Morgan fingerprint density at radius 2 is 1.78 bits per heavy atom. The van der Waals surface area contributed by atoms with Crippen LogP contribution in [0, 0.1) is 17.7 Å². The van der Waals surface area contributed by atoms with Crippen LogP contribution in [0.15, 0.2) is 48.5 Å². The molecule has 3 atom stereocenters. The third-order valence-corrected chi connectivity index (χ3v) is 6.33. The molecule has 2 aromatic carbocycles. The highest BCUT2D eigenvalue weighted by Crippen LogP contribution is 2.45. The van der Waals surface area contributed by atoms with Crippen LogP contribution in [0.2, 0.25) is 0 Å². The van der Waals surface area contributed by atoms with E-state index in [2.05, 4.69) is 10.2 Å². The molecule has 2 unspecified atom stereocenters. The summed E-state index contributed by atoms with van der Waals surface area (Å²) in [6, 6.07) is 14.9. The number of nitrogens with zero attached hydrogens (tertiary/aromatic N) is 1. The van der Waals surface area contributed by atoms with Gasteiger partial charge in [0.15, 0.2) is 6.10 Å². The average molecular weight is 443 g/mol. The Hall–Kier alpha value is -2.48. The number of rotatable bonds is 12. The van der Waals surface area contributed by atoms with Crippen LogP contribution in [0.3, 0.4) is 0 Å². The SMILES string of the molecule is CCO[C@@H](Cc1ccc(OCCNC2C3CN(Cc4ccc(F)cc4)CC32)cc1)C(=O)O. The summed E-state index contributed by atoms with van der Waals surface area (Å²) >= 11 is 0. The van der Waals surface area contributed by atoms with Gasteiger partial charge in [0, 0.05) is 45.2 Å². The third-order valence-electron chi connectivity index (χ3n) is 6.33. The minimum absolute atomic E-state index is 0.186. The number of hydrogen-bond donors (Lipinski definition) is 2. The van der Waals surface area contributed by atoms with E-state index < -0.39 is 12.1 Å². The van der Waals surface area contributed by atoms with E-state index in [1.165, 1.54) is 12.1 Å². The summed E-state index contributed by atoms with van der Waals surface area (Å²) in [4.78, 5) is 13.7. The highest BCUT2D eigenvalue weighted by atomic mass is 19.1. The summed E-state index contributed by atoms with van der Waals surface area (Å²) in [7, 11) is 0. The Kier molecular flexibility index (Phi) is 7.40. The lowest BCUT2D eigenvalue weighted by Gasteiger charge is -2.20. The van der Waals surface area contributed by atoms with E-state index in [0.717, 1.165) is 43.1 Å². The van der Waals surface area contributed by atoms with Gasteiger partial charge < -0.3 is 19.9 Å². The zero-order chi connectivity index (χ0) is 22.5. The van der Waals surface area contributed by atoms with Crippen molar-refractivity contribution in [3.8, 4) is 5.75 Å². The predicted molar refractivity (Wildman–Crippen MR) is 119 cm³/mol. The van der Waals surface area contributed by atoms with Crippen molar-refractivity contribution >= 4 is 5.97 Å². The number of carboxylic acids is 1. The Morgan fingerprint density at radius 1 is 1.12 bits per heavy atom. The van der Waals surface area contributed by atoms with Crippen molar-refractivity contribution < 1.29 is 23.8 Å². The van der Waals surface area contributed by atoms with E-state index in [1.807, 2.05) is 36.4 Å². The predicted octanol–water partition coefficient (Wildman–Crippen LogP) is 2.96. The van der Waals surface area contributed by atoms with Crippen LogP contribution in [-0.2, 0) is 22.5 Å². The smallest absolute Gasteiger partial charge is 0.333 e. The van der Waals surface area contributed by atoms with Crippen molar-refractivity contribution in [2.75, 3.05) is 32.8 Å². The van der Waals surface area contributed by atoms with Crippen molar-refractivity contribution in [2.24, 2.45) is 11.8 Å². The summed E-state index contributed by atoms with van der Waals surface area (Å²) in [5, 5.41) is 12.8. The van der Waals surface area contributed by atoms with Crippen molar-refractivity contribution in [3.63, 3.8) is 0 Å². The molecule has 0 spiro atoms. The molecule has 172 valence electrons. The van der Waals surface area contributed by atoms with Gasteiger partial charge in [-0.1, -0.05) is 24.3 Å². The molecular formula is C25H31FN2O4. The Morgan fingerprint density at radius 3 is 2.41 bits per heavy atom. The van der Waals surface area contributed by atoms with Crippen molar-refractivity contribution in [2.45, 2.75) is 32.0 Å². The van der Waals surface area contributed by atoms with Gasteiger partial charge in [-0.05, 0) is 54.2 Å². The molecule has 0 aromatic heterocycles. The van der Waals surface area contributed by atoms with Crippen LogP contribution < -0.4 is 10.1 Å². The molecular weight excluding hydrogens is 411 g/mol. The monoisotopic (exact) mass is 442 g/mol. The van der Waals surface area contributed by atoms with Crippen LogP contribution >= 0.6 is 0 Å². The minimum atomic E-state index is -0.943. The first-order valence-corrected chi connectivity index (χ1v) is 11.3. The molecule has 2 aromatic rings. The minimum Gasteiger partial charge on any atom is -0.492 e. The number of aliphatic carboxylic acids is 1. The standard InChI is InChI=1S/C25H31FN2O4/c1-2-31-23(25(29)30)13-17-5-9-20(10-6-17)32-12-11-27-24-21-15-28(16-22(21)24)14-18-3-7-19(26)8-4-18/h3-10,21-24,27H,2,11-16H2,1H3,(H,29,30)/t21?,22?,23-,24?/m0/s1. The van der Waals surface area contributed by atoms with Gasteiger partial charge >= 0.3 is 5.97 Å². The fourth-order valence-corrected chi connectivity index (χ4v) is 4.64. The van der Waals surface area contributed by atoms with E-state index >= 15 is 0 Å². The highest BCUT2D eigenvalue weighted by Gasteiger charge is 2.55. The quantitative estimate of drug-likeness (QED) is 0.493. The number of benzene rings is 2. The largest absolute Gasteiger partial charge is 0.492 e. The fraction of sp³-hybridized carbons (Fsp3) is 0.480. The molecule has 0 radical (unpaired) electrons. The van der Waals surface area contributed by atoms with Gasteiger partial charge in [-0.15, -0.1) is 0 Å². The van der Waals surface area contributed by atoms with E-state index in [9.17, 15) is 14.3 Å². The van der Waals surface area contributed by atoms with Gasteiger partial charge in [-0.3, -0.25) is 4.90 Å². The number of nitrogens with one attached hydrogen (secondary N) is 1. The summed E-state index contributed by atoms with van der Waals surface area (Å²) < 4.78 is 24.1. The molecule has 0 bridgehead atoms. The maximum absolute atomic E-state index is 13.0. The lowest BCUT2D eigenvalue weighted by atomic mass is 10.1. The van der Waals surface area contributed by atoms with E-state index in [-0.39, 0.29) is 5.82 Å². The average Bonchev–Trinajstić information content (AvgIpc) is 3.23. The van der Waals surface area contributed by atoms with Crippen LogP contribution in [0.1, 0.15) is 18.1 Å². The van der Waals surface area contributed by atoms with Crippen molar-refractivity contribution in [1.82, 2.24) is 10.2 Å². The van der Waals surface area contributed by atoms with Crippen molar-refractivity contribution in [1.29, 1.82) is 0 Å². The zero-order valence-corrected chi connectivity index (χ0v) is 18.4. The molecule has 1 saturated carbocycles. The zero-order valence-electron chi connectivity index (χ0n) is 18.4. The summed E-state index contributed by atoms with van der Waals surface area (Å²) in [6.45, 7) is 6.60. The second-order valence-electron chi connectivity index (χ2n) is 8.61. The highest BCUT2D eigenvalue weighted by molar-refractivity contribution is 5.72. The number of piperidine rings is 1. The molecule has 32 heavy (non-hydrogen) atoms. The number of hydrogen-bond acceptors (Lipinski definition) is 5. The number of carboxylic acid groups (broad SMARTS) is 1. The van der Waals surface area contributed by atoms with Crippen LogP contribution in [0.4, 0.5) is 4.39 Å². The summed E-state index contributed by atoms with van der Waals surface area (Å²) in [5.74, 6) is 1.04. The molecule has 1 heterocycles. The molecule has 4 rings (SSSR count). The molecule has 2 fully saturated rings. The Bertz CT molecular complexity index is 878. The second kappa shape index (κ2) is 10.4. The first-order valence-electron chi connectivity index (χ1n) is 11.3. The summed E-state index contributed by atoms with van der Waals surface area (Å²) in [6.07, 6.45) is -0.478. The maximum Gasteiger partial charge on any atom is 0.333 e. The van der Waals surface area contributed by atoms with Gasteiger partial charge in [-0.25, -0.2) is 9.18 Å². The Balaban J connectivity index is 1.11. The van der Waals surface area contributed by atoms with Crippen LogP contribution in [0.5, 0.6) is 5.75 Å². The fourth-order valence-electron chi connectivity index (χ4n) is 4.64. The number of ether oxygens (including phenoxy) is 2. The topological polar surface area (TPSA) is 71.0 Å². The van der Waals surface area contributed by atoms with E-state index in [4.69, 9.17) is 9.47 Å². The van der Waals surface area contributed by atoms with Gasteiger partial charge in [0.25, 0.3) is 0 Å². The molecule has 1 aliphatic carbocycles. The third kappa shape index (κ3) is 5.85. The number of fused-ring (bicyclic) bond motifs is 1. The molecule has 7 heteroatoms. The number of likely N-dealkylation sites (tertiary alicyclic amines) is 1. The Labute approximate surface area is 188 Å². The molecule has 2 aliphatic rings. The van der Waals surface area contributed by atoms with Gasteiger partial charge in [0.1, 0.15) is 18.2 Å². The lowest BCUT2D eigenvalue weighted by Crippen LogP contribution is -2.33. The second-order valence-corrected chi connectivity index (χ2v) is 8.61. The van der Waals surface area contributed by atoms with Crippen LogP contribution in [-0.4, -0.2) is 61.0 Å². The van der Waals surface area contributed by atoms with E-state index in [0.29, 0.717) is 37.5 Å². The normalized spacial score (nSPS) is 23.0. The van der Waals surface area contributed by atoms with Gasteiger partial charge in [0.05, 0.1) is 0 Å². The lowest BCUT2D eigenvalue weighted by molar-refractivity contribution is -0.149. The molecule has 1 saturated heterocycles. The maximum atomic E-state index is 13.0. The first kappa shape index (κ1) is 22.7. The van der Waals surface area contributed by atoms with Crippen LogP contribution in [0.25, 0.3) is 0 Å². The number of carbonyl (C=O) groups is 1. The van der Waals surface area contributed by atoms with Gasteiger partial charge in [-0.2, -0.15) is 0 Å². The molecule has 1 aliphatic heterocycles. The van der Waals surface area contributed by atoms with Gasteiger partial charge in [0.2, 0.25) is 0 Å². The summed E-state index contributed by atoms with van der Waals surface area (Å²) in [5.41, 5.74) is 2.07. The molecule has 2 N–H and O–H groups in total. The van der Waals surface area contributed by atoms with E-state index in [1.54, 1.807) is 6.92 Å². The first-order chi connectivity index (χ1) is 15.5. The molecule has 6 nitrogen and oxygen atoms in total. The number of halogens is 1. The molecule has 0 amide bonds.